The molecule has 0 saturated carbocycles. The summed E-state index contributed by atoms with van der Waals surface area (Å²) in [4.78, 5) is 36.3. The van der Waals surface area contributed by atoms with E-state index < -0.39 is 17.5 Å². The number of hydrogen-bond donors (Lipinski definition) is 1. The molecule has 0 fully saturated rings. The molecule has 0 spiro atoms. The highest BCUT2D eigenvalue weighted by Gasteiger charge is 2.18. The number of nitrogens with one attached hydrogen (secondary N) is 1. The van der Waals surface area contributed by atoms with E-state index in [1.165, 1.54) is 5.38 Å². The normalized spacial score (nSPS) is 10.8. The molecule has 1 amide bonds. The highest BCUT2D eigenvalue weighted by Crippen LogP contribution is 2.17. The minimum Gasteiger partial charge on any atom is -0.444 e. The Balaban J connectivity index is 2.64. The fraction of sp³-hybridized carbons (Fsp3) is 0.400. The Morgan fingerprint density at radius 2 is 2.12 bits per heavy atom. The first-order valence-electron chi connectivity index (χ1n) is 4.77. The zero-order valence-corrected chi connectivity index (χ0v) is 10.5. The van der Waals surface area contributed by atoms with Gasteiger partial charge in [0.05, 0.1) is 0 Å². The van der Waals surface area contributed by atoms with Crippen LogP contribution >= 0.6 is 11.3 Å². The summed E-state index contributed by atoms with van der Waals surface area (Å²) >= 11 is 1.04. The van der Waals surface area contributed by atoms with Gasteiger partial charge in [0.2, 0.25) is 5.78 Å². The third-order valence-corrected chi connectivity index (χ3v) is 2.23. The molecule has 0 radical (unpaired) electrons. The lowest BCUT2D eigenvalue weighted by Crippen LogP contribution is -2.27. The number of amides is 1. The SMILES string of the molecule is CC(C)(C)OC(=O)Nc1nc(C(=O)C=O)cs1. The molecule has 1 aromatic rings. The third-order valence-electron chi connectivity index (χ3n) is 1.47. The van der Waals surface area contributed by atoms with E-state index in [0.717, 1.165) is 11.3 Å². The summed E-state index contributed by atoms with van der Waals surface area (Å²) in [6.07, 6.45) is -0.483. The van der Waals surface area contributed by atoms with Gasteiger partial charge >= 0.3 is 6.09 Å². The molecule has 1 rings (SSSR count). The number of aldehydes is 1. The lowest BCUT2D eigenvalue weighted by atomic mass is 10.2. The molecule has 6 nitrogen and oxygen atoms in total. The second kappa shape index (κ2) is 5.05. The van der Waals surface area contributed by atoms with Crippen molar-refractivity contribution in [1.29, 1.82) is 0 Å². The van der Waals surface area contributed by atoms with E-state index >= 15 is 0 Å². The summed E-state index contributed by atoms with van der Waals surface area (Å²) in [5, 5.41) is 3.98. The minimum atomic E-state index is -0.724. The quantitative estimate of drug-likeness (QED) is 0.507. The maximum absolute atomic E-state index is 11.4. The lowest BCUT2D eigenvalue weighted by molar-refractivity contribution is -0.104. The number of aromatic nitrogens is 1. The fourth-order valence-electron chi connectivity index (χ4n) is 0.896. The predicted molar refractivity (Wildman–Crippen MR) is 62.4 cm³/mol. The molecule has 0 bridgehead atoms. The zero-order valence-electron chi connectivity index (χ0n) is 9.64. The van der Waals surface area contributed by atoms with E-state index in [1.54, 1.807) is 20.8 Å². The van der Waals surface area contributed by atoms with Crippen molar-refractivity contribution >= 4 is 34.6 Å². The van der Waals surface area contributed by atoms with Crippen LogP contribution in [0.4, 0.5) is 9.93 Å². The van der Waals surface area contributed by atoms with E-state index in [9.17, 15) is 14.4 Å². The standard InChI is InChI=1S/C10H12N2O4S/c1-10(2,3)16-9(15)12-8-11-6(5-17-8)7(14)4-13/h4-5H,1-3H3,(H,11,12,15). The smallest absolute Gasteiger partial charge is 0.413 e. The van der Waals surface area contributed by atoms with Crippen LogP contribution in [0.5, 0.6) is 0 Å². The van der Waals surface area contributed by atoms with Gasteiger partial charge in [-0.3, -0.25) is 14.9 Å². The number of hydrogen-bond acceptors (Lipinski definition) is 6. The van der Waals surface area contributed by atoms with Crippen LogP contribution in [0.15, 0.2) is 5.38 Å². The first-order chi connectivity index (χ1) is 7.81. The van der Waals surface area contributed by atoms with Crippen LogP contribution in [0.3, 0.4) is 0 Å². The number of carbonyl (C=O) groups excluding carboxylic acids is 3. The van der Waals surface area contributed by atoms with Gasteiger partial charge < -0.3 is 4.74 Å². The average Bonchev–Trinajstić information content (AvgIpc) is 2.62. The van der Waals surface area contributed by atoms with Crippen molar-refractivity contribution in [2.75, 3.05) is 5.32 Å². The molecular formula is C10H12N2O4S. The summed E-state index contributed by atoms with van der Waals surface area (Å²) in [7, 11) is 0. The van der Waals surface area contributed by atoms with Gasteiger partial charge in [-0.05, 0) is 20.8 Å². The van der Waals surface area contributed by atoms with E-state index in [0.29, 0.717) is 0 Å². The van der Waals surface area contributed by atoms with Crippen molar-refractivity contribution in [3.63, 3.8) is 0 Å². The Hall–Kier alpha value is -1.76. The van der Waals surface area contributed by atoms with Gasteiger partial charge in [0, 0.05) is 5.38 Å². The molecule has 17 heavy (non-hydrogen) atoms. The largest absolute Gasteiger partial charge is 0.444 e. The maximum atomic E-state index is 11.4. The van der Waals surface area contributed by atoms with Crippen molar-refractivity contribution in [2.24, 2.45) is 0 Å². The van der Waals surface area contributed by atoms with Gasteiger partial charge in [0.1, 0.15) is 11.3 Å². The molecule has 0 atom stereocenters. The first kappa shape index (κ1) is 13.3. The highest BCUT2D eigenvalue weighted by molar-refractivity contribution is 7.14. The van der Waals surface area contributed by atoms with Gasteiger partial charge in [-0.2, -0.15) is 0 Å². The van der Waals surface area contributed by atoms with Crippen LogP contribution in [0.2, 0.25) is 0 Å². The summed E-state index contributed by atoms with van der Waals surface area (Å²) in [6.45, 7) is 5.20. The Morgan fingerprint density at radius 3 is 2.65 bits per heavy atom. The van der Waals surface area contributed by atoms with Crippen molar-refractivity contribution in [3.8, 4) is 0 Å². The number of ether oxygens (including phenoxy) is 1. The Bertz CT molecular complexity index is 447. The van der Waals surface area contributed by atoms with Crippen LogP contribution in [-0.4, -0.2) is 28.7 Å². The number of carbonyl (C=O) groups is 3. The molecule has 0 unspecified atom stereocenters. The number of thiazole rings is 1. The van der Waals surface area contributed by atoms with Crippen LogP contribution in [0.25, 0.3) is 0 Å². The average molecular weight is 256 g/mol. The zero-order chi connectivity index (χ0) is 13.1. The molecule has 0 saturated heterocycles. The van der Waals surface area contributed by atoms with E-state index in [-0.39, 0.29) is 17.1 Å². The summed E-state index contributed by atoms with van der Waals surface area (Å²) in [6, 6.07) is 0. The van der Waals surface area contributed by atoms with Crippen LogP contribution in [0.1, 0.15) is 31.3 Å². The van der Waals surface area contributed by atoms with Crippen molar-refractivity contribution in [1.82, 2.24) is 4.98 Å². The molecule has 0 aliphatic carbocycles. The van der Waals surface area contributed by atoms with Crippen molar-refractivity contribution in [2.45, 2.75) is 26.4 Å². The van der Waals surface area contributed by atoms with Gasteiger partial charge in [-0.15, -0.1) is 11.3 Å². The summed E-state index contributed by atoms with van der Waals surface area (Å²) in [5.41, 5.74) is -0.598. The van der Waals surface area contributed by atoms with Crippen molar-refractivity contribution < 1.29 is 19.1 Å². The Labute approximate surface area is 102 Å². The van der Waals surface area contributed by atoms with E-state index in [1.807, 2.05) is 0 Å². The Morgan fingerprint density at radius 1 is 1.47 bits per heavy atom. The molecule has 0 aromatic carbocycles. The summed E-state index contributed by atoms with van der Waals surface area (Å²) in [5.74, 6) is -0.724. The maximum Gasteiger partial charge on any atom is 0.413 e. The Kier molecular flexibility index (Phi) is 3.95. The molecule has 0 aliphatic rings. The van der Waals surface area contributed by atoms with E-state index in [4.69, 9.17) is 4.74 Å². The van der Waals surface area contributed by atoms with E-state index in [2.05, 4.69) is 10.3 Å². The number of Topliss-reactive ketones (excluding diaryl/α,β-unsaturated/α-hetero) is 1. The molecule has 0 aliphatic heterocycles. The number of anilines is 1. The monoisotopic (exact) mass is 256 g/mol. The van der Waals surface area contributed by atoms with Gasteiger partial charge in [-0.25, -0.2) is 9.78 Å². The number of rotatable bonds is 3. The van der Waals surface area contributed by atoms with Gasteiger partial charge in [0.25, 0.3) is 0 Å². The number of nitrogens with zero attached hydrogens (tertiary/aromatic N) is 1. The first-order valence-corrected chi connectivity index (χ1v) is 5.65. The molecule has 7 heteroatoms. The van der Waals surface area contributed by atoms with Gasteiger partial charge in [-0.1, -0.05) is 0 Å². The minimum absolute atomic E-state index is 0.0102. The highest BCUT2D eigenvalue weighted by atomic mass is 32.1. The van der Waals surface area contributed by atoms with Crippen LogP contribution < -0.4 is 5.32 Å². The summed E-state index contributed by atoms with van der Waals surface area (Å²) < 4.78 is 5.00. The molecule has 1 heterocycles. The molecule has 92 valence electrons. The fourth-order valence-corrected chi connectivity index (χ4v) is 1.58. The van der Waals surface area contributed by atoms with Crippen molar-refractivity contribution in [3.05, 3.63) is 11.1 Å². The third kappa shape index (κ3) is 4.31. The van der Waals surface area contributed by atoms with Crippen LogP contribution in [0, 0.1) is 0 Å². The molecule has 1 aromatic heterocycles. The predicted octanol–water partition coefficient (Wildman–Crippen LogP) is 1.87. The molecule has 1 N–H and O–H groups in total. The lowest BCUT2D eigenvalue weighted by Gasteiger charge is -2.18. The molecular weight excluding hydrogens is 244 g/mol. The van der Waals surface area contributed by atoms with Crippen LogP contribution in [-0.2, 0) is 9.53 Å². The van der Waals surface area contributed by atoms with Gasteiger partial charge in [0.15, 0.2) is 11.4 Å². The second-order valence-corrected chi connectivity index (χ2v) is 5.00. The topological polar surface area (TPSA) is 85.4 Å². The number of ketones is 1. The second-order valence-electron chi connectivity index (χ2n) is 4.15.